The van der Waals surface area contributed by atoms with Crippen molar-refractivity contribution in [1.82, 2.24) is 15.1 Å². The first-order valence-corrected chi connectivity index (χ1v) is 10.8. The molecule has 152 valence electrons. The van der Waals surface area contributed by atoms with Gasteiger partial charge in [-0.25, -0.2) is 0 Å². The highest BCUT2D eigenvalue weighted by Gasteiger charge is 2.31. The Balaban J connectivity index is 1.50. The van der Waals surface area contributed by atoms with E-state index < -0.39 is 0 Å². The van der Waals surface area contributed by atoms with Gasteiger partial charge in [-0.1, -0.05) is 50.1 Å². The number of hydrogen-bond donors (Lipinski definition) is 1. The molecule has 1 aliphatic rings. The second kappa shape index (κ2) is 9.27. The number of nitrogens with one attached hydrogen (secondary N) is 1. The monoisotopic (exact) mass is 389 g/mol. The number of benzene rings is 2. The van der Waals surface area contributed by atoms with Crippen molar-refractivity contribution in [2.24, 2.45) is 13.0 Å². The average Bonchev–Trinajstić information content (AvgIpc) is 3.13. The molecule has 1 saturated carbocycles. The number of nitrogens with zero attached hydrogens (tertiary/aromatic N) is 2. The van der Waals surface area contributed by atoms with Gasteiger partial charge >= 0.3 is 0 Å². The van der Waals surface area contributed by atoms with Crippen molar-refractivity contribution in [3.63, 3.8) is 0 Å². The van der Waals surface area contributed by atoms with E-state index in [4.69, 9.17) is 4.74 Å². The first kappa shape index (κ1) is 19.7. The van der Waals surface area contributed by atoms with Crippen LogP contribution in [-0.4, -0.2) is 9.78 Å². The lowest BCUT2D eigenvalue weighted by Gasteiger charge is -2.36. The van der Waals surface area contributed by atoms with E-state index in [1.54, 1.807) is 0 Å². The van der Waals surface area contributed by atoms with Crippen LogP contribution in [0.25, 0.3) is 0 Å². The zero-order valence-corrected chi connectivity index (χ0v) is 17.4. The molecular weight excluding hydrogens is 358 g/mol. The molecule has 2 aromatic carbocycles. The number of rotatable bonds is 9. The van der Waals surface area contributed by atoms with Gasteiger partial charge in [0.15, 0.2) is 0 Å². The van der Waals surface area contributed by atoms with Crippen molar-refractivity contribution in [2.45, 2.75) is 51.1 Å². The van der Waals surface area contributed by atoms with Gasteiger partial charge in [-0.15, -0.1) is 0 Å². The molecule has 0 bridgehead atoms. The third kappa shape index (κ3) is 4.88. The highest BCUT2D eigenvalue weighted by atomic mass is 16.5. The van der Waals surface area contributed by atoms with Crippen LogP contribution in [0.5, 0.6) is 11.5 Å². The van der Waals surface area contributed by atoms with Crippen LogP contribution in [-0.2, 0) is 7.05 Å². The van der Waals surface area contributed by atoms with E-state index in [2.05, 4.69) is 47.8 Å². The summed E-state index contributed by atoms with van der Waals surface area (Å²) in [6.07, 6.45) is 10.4. The molecule has 1 heterocycles. The number of hydrogen-bond acceptors (Lipinski definition) is 3. The molecule has 4 nitrogen and oxygen atoms in total. The zero-order chi connectivity index (χ0) is 20.1. The van der Waals surface area contributed by atoms with Crippen LogP contribution >= 0.6 is 0 Å². The fraction of sp³-hybridized carbons (Fsp3) is 0.400. The maximum absolute atomic E-state index is 5.96. The van der Waals surface area contributed by atoms with Crippen molar-refractivity contribution in [2.75, 3.05) is 0 Å². The SMILES string of the molecule is CCCC(NC(c1cnn(C)c1)C1CCC1)c1ccc(Oc2ccccc2)cc1. The molecule has 0 amide bonds. The second-order valence-electron chi connectivity index (χ2n) is 8.11. The number of ether oxygens (including phenoxy) is 1. The molecular formula is C25H31N3O. The van der Waals surface area contributed by atoms with E-state index in [0.29, 0.717) is 18.0 Å². The Labute approximate surface area is 173 Å². The number of para-hydroxylation sites is 1. The molecule has 0 spiro atoms. The Bertz CT molecular complexity index is 884. The minimum Gasteiger partial charge on any atom is -0.457 e. The smallest absolute Gasteiger partial charge is 0.127 e. The molecule has 0 saturated heterocycles. The average molecular weight is 390 g/mol. The molecule has 1 N–H and O–H groups in total. The fourth-order valence-corrected chi connectivity index (χ4v) is 4.12. The number of aromatic nitrogens is 2. The summed E-state index contributed by atoms with van der Waals surface area (Å²) in [5.74, 6) is 2.45. The van der Waals surface area contributed by atoms with Crippen molar-refractivity contribution < 1.29 is 4.74 Å². The molecule has 0 aliphatic heterocycles. The highest BCUT2D eigenvalue weighted by molar-refractivity contribution is 5.34. The predicted molar refractivity (Wildman–Crippen MR) is 117 cm³/mol. The van der Waals surface area contributed by atoms with Crippen LogP contribution in [0.1, 0.15) is 62.2 Å². The molecule has 1 fully saturated rings. The minimum absolute atomic E-state index is 0.330. The normalized spacial score (nSPS) is 16.2. The Hall–Kier alpha value is -2.59. The van der Waals surface area contributed by atoms with Gasteiger partial charge < -0.3 is 10.1 Å². The highest BCUT2D eigenvalue weighted by Crippen LogP contribution is 2.39. The van der Waals surface area contributed by atoms with Gasteiger partial charge in [-0.2, -0.15) is 5.10 Å². The van der Waals surface area contributed by atoms with Gasteiger partial charge in [0.25, 0.3) is 0 Å². The maximum atomic E-state index is 5.96. The van der Waals surface area contributed by atoms with E-state index in [1.807, 2.05) is 48.3 Å². The van der Waals surface area contributed by atoms with Crippen LogP contribution < -0.4 is 10.1 Å². The van der Waals surface area contributed by atoms with Gasteiger partial charge in [0.1, 0.15) is 11.5 Å². The van der Waals surface area contributed by atoms with Gasteiger partial charge in [0.05, 0.1) is 6.20 Å². The summed E-state index contributed by atoms with van der Waals surface area (Å²) in [5.41, 5.74) is 2.63. The molecule has 0 radical (unpaired) electrons. The number of aryl methyl sites for hydroxylation is 1. The zero-order valence-electron chi connectivity index (χ0n) is 17.4. The van der Waals surface area contributed by atoms with Crippen LogP contribution in [0, 0.1) is 5.92 Å². The molecule has 1 aliphatic carbocycles. The lowest BCUT2D eigenvalue weighted by molar-refractivity contribution is 0.213. The molecule has 1 aromatic heterocycles. The Morgan fingerprint density at radius 2 is 1.76 bits per heavy atom. The summed E-state index contributed by atoms with van der Waals surface area (Å²) < 4.78 is 7.87. The lowest BCUT2D eigenvalue weighted by Crippen LogP contribution is -2.34. The minimum atomic E-state index is 0.330. The van der Waals surface area contributed by atoms with Crippen LogP contribution in [0.3, 0.4) is 0 Å². The van der Waals surface area contributed by atoms with Gasteiger partial charge in [0, 0.05) is 30.9 Å². The van der Waals surface area contributed by atoms with Crippen molar-refractivity contribution in [3.05, 3.63) is 78.1 Å². The van der Waals surface area contributed by atoms with E-state index in [0.717, 1.165) is 24.3 Å². The Kier molecular flexibility index (Phi) is 6.30. The van der Waals surface area contributed by atoms with Crippen LogP contribution in [0.15, 0.2) is 67.0 Å². The summed E-state index contributed by atoms with van der Waals surface area (Å²) in [6, 6.07) is 19.2. The Morgan fingerprint density at radius 3 is 2.34 bits per heavy atom. The first-order valence-electron chi connectivity index (χ1n) is 10.8. The molecule has 4 heteroatoms. The third-order valence-corrected chi connectivity index (χ3v) is 5.92. The molecule has 4 rings (SSSR count). The fourth-order valence-electron chi connectivity index (χ4n) is 4.12. The summed E-state index contributed by atoms with van der Waals surface area (Å²) in [4.78, 5) is 0. The molecule has 2 unspecified atom stereocenters. The molecule has 2 atom stereocenters. The van der Waals surface area contributed by atoms with E-state index in [9.17, 15) is 0 Å². The van der Waals surface area contributed by atoms with E-state index >= 15 is 0 Å². The summed E-state index contributed by atoms with van der Waals surface area (Å²) in [7, 11) is 2.00. The summed E-state index contributed by atoms with van der Waals surface area (Å²) >= 11 is 0. The maximum Gasteiger partial charge on any atom is 0.127 e. The lowest BCUT2D eigenvalue weighted by atomic mass is 9.77. The largest absolute Gasteiger partial charge is 0.457 e. The molecule has 3 aromatic rings. The quantitative estimate of drug-likeness (QED) is 0.474. The van der Waals surface area contributed by atoms with Crippen molar-refractivity contribution in [1.29, 1.82) is 0 Å². The predicted octanol–water partition coefficient (Wildman–Crippen LogP) is 6.18. The van der Waals surface area contributed by atoms with Crippen LogP contribution in [0.2, 0.25) is 0 Å². The first-order chi connectivity index (χ1) is 14.2. The summed E-state index contributed by atoms with van der Waals surface area (Å²) in [5, 5.41) is 8.39. The van der Waals surface area contributed by atoms with E-state index in [1.165, 1.54) is 30.4 Å². The van der Waals surface area contributed by atoms with E-state index in [-0.39, 0.29) is 0 Å². The standard InChI is InChI=1S/C25H31N3O/c1-3-8-24(27-25(20-9-7-10-20)21-17-26-28(2)18-21)19-13-15-23(16-14-19)29-22-11-5-4-6-12-22/h4-6,11-18,20,24-25,27H,3,7-10H2,1-2H3. The van der Waals surface area contributed by atoms with Crippen molar-refractivity contribution in [3.8, 4) is 11.5 Å². The molecule has 29 heavy (non-hydrogen) atoms. The Morgan fingerprint density at radius 1 is 1.03 bits per heavy atom. The summed E-state index contributed by atoms with van der Waals surface area (Å²) in [6.45, 7) is 2.25. The third-order valence-electron chi connectivity index (χ3n) is 5.92. The second-order valence-corrected chi connectivity index (χ2v) is 8.11. The van der Waals surface area contributed by atoms with Gasteiger partial charge in [0.2, 0.25) is 0 Å². The van der Waals surface area contributed by atoms with Gasteiger partial charge in [-0.3, -0.25) is 4.68 Å². The van der Waals surface area contributed by atoms with Crippen LogP contribution in [0.4, 0.5) is 0 Å². The van der Waals surface area contributed by atoms with Crippen molar-refractivity contribution >= 4 is 0 Å². The van der Waals surface area contributed by atoms with Gasteiger partial charge in [-0.05, 0) is 55.0 Å². The topological polar surface area (TPSA) is 39.1 Å².